The summed E-state index contributed by atoms with van der Waals surface area (Å²) in [5.41, 5.74) is 3.40. The van der Waals surface area contributed by atoms with Gasteiger partial charge in [-0.15, -0.1) is 0 Å². The second-order valence-electron chi connectivity index (χ2n) is 8.62. The highest BCUT2D eigenvalue weighted by Gasteiger charge is 2.21. The Morgan fingerprint density at radius 3 is 2.81 bits per heavy atom. The molecule has 3 N–H and O–H groups in total. The Kier molecular flexibility index (Phi) is 8.04. The molecule has 3 aromatic rings. The zero-order valence-corrected chi connectivity index (χ0v) is 20.7. The molecule has 36 heavy (non-hydrogen) atoms. The van der Waals surface area contributed by atoms with Gasteiger partial charge in [0.2, 0.25) is 6.23 Å². The minimum absolute atomic E-state index is 0.0228. The molecule has 2 atom stereocenters. The van der Waals surface area contributed by atoms with Crippen LogP contribution in [-0.4, -0.2) is 47.3 Å². The van der Waals surface area contributed by atoms with Gasteiger partial charge in [-0.05, 0) is 31.9 Å². The molecule has 190 valence electrons. The number of Topliss-reactive ketones (excluding diaryl/α,β-unsaturated/α-hetero) is 1. The summed E-state index contributed by atoms with van der Waals surface area (Å²) >= 11 is 0. The zero-order valence-electron chi connectivity index (χ0n) is 20.7. The van der Waals surface area contributed by atoms with Crippen molar-refractivity contribution >= 4 is 22.8 Å². The number of benzene rings is 1. The van der Waals surface area contributed by atoms with Crippen molar-refractivity contribution < 1.29 is 23.8 Å². The number of carbonyl (C=O) groups excluding carboxylic acids is 2. The van der Waals surface area contributed by atoms with Crippen molar-refractivity contribution in [2.24, 2.45) is 0 Å². The van der Waals surface area contributed by atoms with Gasteiger partial charge in [0, 0.05) is 35.3 Å². The lowest BCUT2D eigenvalue weighted by atomic mass is 10.0. The monoisotopic (exact) mass is 493 g/mol. The number of alkyl carbamates (subject to hydrolysis) is 1. The van der Waals surface area contributed by atoms with E-state index in [9.17, 15) is 9.59 Å². The number of carbonyl (C=O) groups is 2. The summed E-state index contributed by atoms with van der Waals surface area (Å²) in [6.45, 7) is 1.95. The van der Waals surface area contributed by atoms with E-state index < -0.39 is 12.3 Å². The smallest absolute Gasteiger partial charge is 0.407 e. The van der Waals surface area contributed by atoms with E-state index in [4.69, 9.17) is 14.2 Å². The van der Waals surface area contributed by atoms with E-state index in [2.05, 4.69) is 25.6 Å². The predicted molar refractivity (Wildman–Crippen MR) is 134 cm³/mol. The van der Waals surface area contributed by atoms with Crippen molar-refractivity contribution in [3.63, 3.8) is 0 Å². The van der Waals surface area contributed by atoms with E-state index in [1.54, 1.807) is 19.5 Å². The number of imidazole rings is 1. The van der Waals surface area contributed by atoms with Gasteiger partial charge in [0.25, 0.3) is 0 Å². The molecule has 1 aliphatic rings. The minimum atomic E-state index is -0.577. The van der Waals surface area contributed by atoms with Crippen LogP contribution in [0.4, 0.5) is 4.79 Å². The molecule has 0 radical (unpaired) electrons. The number of H-pyrrole nitrogens is 1. The Morgan fingerprint density at radius 1 is 1.19 bits per heavy atom. The molecular formula is C26H31N5O5. The maximum atomic E-state index is 12.1. The first kappa shape index (κ1) is 25.0. The van der Waals surface area contributed by atoms with Gasteiger partial charge in [-0.3, -0.25) is 9.78 Å². The molecule has 0 aliphatic carbocycles. The topological polar surface area (TPSA) is 127 Å². The quantitative estimate of drug-likeness (QED) is 0.338. The largest absolute Gasteiger partial charge is 0.496 e. The van der Waals surface area contributed by atoms with Gasteiger partial charge >= 0.3 is 6.09 Å². The van der Waals surface area contributed by atoms with Crippen LogP contribution < -0.4 is 15.4 Å². The molecule has 0 saturated carbocycles. The molecule has 1 aromatic carbocycles. The Labute approximate surface area is 209 Å². The van der Waals surface area contributed by atoms with E-state index >= 15 is 0 Å². The van der Waals surface area contributed by atoms with E-state index in [0.29, 0.717) is 24.4 Å². The zero-order chi connectivity index (χ0) is 25.5. The predicted octanol–water partition coefficient (Wildman–Crippen LogP) is 4.28. The van der Waals surface area contributed by atoms with Gasteiger partial charge in [0.1, 0.15) is 17.8 Å². The van der Waals surface area contributed by atoms with Crippen LogP contribution in [0.15, 0.2) is 42.9 Å². The third-order valence-electron chi connectivity index (χ3n) is 6.08. The number of unbranched alkanes of at least 4 members (excludes halogenated alkanes) is 2. The lowest BCUT2D eigenvalue weighted by Gasteiger charge is -2.16. The van der Waals surface area contributed by atoms with Crippen LogP contribution in [0.3, 0.4) is 0 Å². The molecule has 3 heterocycles. The molecule has 10 nitrogen and oxygen atoms in total. The fraction of sp³-hybridized carbons (Fsp3) is 0.385. The highest BCUT2D eigenvalue weighted by Crippen LogP contribution is 2.33. The molecule has 1 unspecified atom stereocenters. The number of nitrogens with zero attached hydrogens (tertiary/aromatic N) is 2. The van der Waals surface area contributed by atoms with Gasteiger partial charge in [0.15, 0.2) is 5.78 Å². The maximum absolute atomic E-state index is 12.1. The molecule has 0 bridgehead atoms. The van der Waals surface area contributed by atoms with Gasteiger partial charge in [-0.2, -0.15) is 0 Å². The second-order valence-corrected chi connectivity index (χ2v) is 8.62. The first-order valence-electron chi connectivity index (χ1n) is 11.9. The Morgan fingerprint density at radius 2 is 2.06 bits per heavy atom. The SMILES string of the molecule is COC(=O)N[C@@H](CCCCCC(=O)C1NC=CO1)c1ncc(-c2cc3ccc(C)nc3cc2OC)[nH]1. The van der Waals surface area contributed by atoms with Crippen LogP contribution in [-0.2, 0) is 14.3 Å². The van der Waals surface area contributed by atoms with Crippen LogP contribution >= 0.6 is 0 Å². The standard InChI is InChI=1S/C26H31N5O5/c1-16-9-10-17-13-18(23(34-2)14-20(17)29-16)21-15-28-24(30-21)19(31-26(33)35-3)7-5-4-6-8-22(32)25-27-11-12-36-25/h9-15,19,25,27H,4-8H2,1-3H3,(H,28,30)(H,31,33)/t19-,25?/m0/s1. The number of aromatic nitrogens is 3. The second kappa shape index (κ2) is 11.6. The number of methoxy groups -OCH3 is 2. The summed E-state index contributed by atoms with van der Waals surface area (Å²) in [6.07, 6.45) is 7.13. The summed E-state index contributed by atoms with van der Waals surface area (Å²) < 4.78 is 15.6. The summed E-state index contributed by atoms with van der Waals surface area (Å²) in [4.78, 5) is 36.6. The molecule has 1 amide bonds. The molecule has 0 fully saturated rings. The highest BCUT2D eigenvalue weighted by molar-refractivity contribution is 5.87. The number of nitrogens with one attached hydrogen (secondary N) is 3. The van der Waals surface area contributed by atoms with Gasteiger partial charge in [-0.1, -0.05) is 18.9 Å². The highest BCUT2D eigenvalue weighted by atomic mass is 16.5. The molecule has 0 spiro atoms. The number of hydrogen-bond acceptors (Lipinski definition) is 8. The summed E-state index contributed by atoms with van der Waals surface area (Å²) in [6, 6.07) is 7.54. The Balaban J connectivity index is 1.44. The van der Waals surface area contributed by atoms with Crippen molar-refractivity contribution in [1.82, 2.24) is 25.6 Å². The first-order chi connectivity index (χ1) is 17.5. The number of aryl methyl sites for hydroxylation is 1. The number of ether oxygens (including phenoxy) is 3. The number of hydrogen-bond donors (Lipinski definition) is 3. The number of fused-ring (bicyclic) bond motifs is 1. The van der Waals surface area contributed by atoms with E-state index in [1.807, 2.05) is 31.2 Å². The molecule has 2 aromatic heterocycles. The average Bonchev–Trinajstić information content (AvgIpc) is 3.59. The van der Waals surface area contributed by atoms with E-state index in [0.717, 1.165) is 47.1 Å². The fourth-order valence-corrected chi connectivity index (χ4v) is 4.17. The molecule has 10 heteroatoms. The van der Waals surface area contributed by atoms with Gasteiger partial charge in [-0.25, -0.2) is 9.78 Å². The fourth-order valence-electron chi connectivity index (χ4n) is 4.17. The van der Waals surface area contributed by atoms with Crippen LogP contribution in [0.5, 0.6) is 5.75 Å². The number of ketones is 1. The Bertz CT molecular complexity index is 1250. The third-order valence-corrected chi connectivity index (χ3v) is 6.08. The van der Waals surface area contributed by atoms with Crippen molar-refractivity contribution in [2.75, 3.05) is 14.2 Å². The van der Waals surface area contributed by atoms with Gasteiger partial charge < -0.3 is 29.8 Å². The summed E-state index contributed by atoms with van der Waals surface area (Å²) in [5, 5.41) is 6.70. The van der Waals surface area contributed by atoms with E-state index in [1.165, 1.54) is 13.4 Å². The number of aromatic amines is 1. The number of amides is 1. The average molecular weight is 494 g/mol. The normalized spacial score (nSPS) is 15.2. The van der Waals surface area contributed by atoms with Crippen molar-refractivity contribution in [1.29, 1.82) is 0 Å². The Hall–Kier alpha value is -4.08. The number of pyridine rings is 1. The van der Waals surface area contributed by atoms with E-state index in [-0.39, 0.29) is 11.8 Å². The van der Waals surface area contributed by atoms with Gasteiger partial charge in [0.05, 0.1) is 37.7 Å². The first-order valence-corrected chi connectivity index (χ1v) is 11.9. The van der Waals surface area contributed by atoms with Crippen LogP contribution in [0.1, 0.15) is 49.7 Å². The third kappa shape index (κ3) is 5.94. The van der Waals surface area contributed by atoms with Crippen LogP contribution in [0, 0.1) is 6.92 Å². The van der Waals surface area contributed by atoms with Crippen molar-refractivity contribution in [2.45, 2.75) is 51.3 Å². The lowest BCUT2D eigenvalue weighted by Crippen LogP contribution is -2.30. The van der Waals surface area contributed by atoms with Crippen LogP contribution in [0.2, 0.25) is 0 Å². The lowest BCUT2D eigenvalue weighted by molar-refractivity contribution is -0.127. The van der Waals surface area contributed by atoms with Crippen LogP contribution in [0.25, 0.3) is 22.2 Å². The molecular weight excluding hydrogens is 462 g/mol. The molecule has 4 rings (SSSR count). The minimum Gasteiger partial charge on any atom is -0.496 e. The maximum Gasteiger partial charge on any atom is 0.407 e. The summed E-state index contributed by atoms with van der Waals surface area (Å²) in [5.74, 6) is 1.31. The molecule has 0 saturated heterocycles. The van der Waals surface area contributed by atoms with Crippen molar-refractivity contribution in [3.8, 4) is 17.0 Å². The molecule has 1 aliphatic heterocycles. The van der Waals surface area contributed by atoms with Crippen molar-refractivity contribution in [3.05, 3.63) is 54.4 Å². The number of rotatable bonds is 11. The summed E-state index contributed by atoms with van der Waals surface area (Å²) in [7, 11) is 2.95.